The Balaban J connectivity index is 1.80. The van der Waals surface area contributed by atoms with Crippen LogP contribution < -0.4 is 20.5 Å². The molecule has 1 N–H and O–H groups in total. The lowest BCUT2D eigenvalue weighted by molar-refractivity contribution is 0.0950. The molecule has 148 valence electrons. The summed E-state index contributed by atoms with van der Waals surface area (Å²) in [6.45, 7) is 3.97. The molecule has 0 aliphatic carbocycles. The summed E-state index contributed by atoms with van der Waals surface area (Å²) in [5.74, 6) is 0.591. The second kappa shape index (κ2) is 8.83. The van der Waals surface area contributed by atoms with Gasteiger partial charge in [0.15, 0.2) is 17.2 Å². The van der Waals surface area contributed by atoms with Gasteiger partial charge in [0.25, 0.3) is 11.5 Å². The molecule has 3 aromatic rings. The van der Waals surface area contributed by atoms with Crippen molar-refractivity contribution in [3.63, 3.8) is 0 Å². The normalized spacial score (nSPS) is 10.8. The molecule has 1 aromatic heterocycles. The number of aromatic nitrogens is 2. The summed E-state index contributed by atoms with van der Waals surface area (Å²) < 4.78 is 11.9. The molecule has 29 heavy (non-hydrogen) atoms. The first-order valence-electron chi connectivity index (χ1n) is 8.76. The molecule has 0 saturated heterocycles. The molecule has 8 heteroatoms. The van der Waals surface area contributed by atoms with Crippen molar-refractivity contribution >= 4 is 22.9 Å². The largest absolute Gasteiger partial charge is 0.493 e. The van der Waals surface area contributed by atoms with Crippen molar-refractivity contribution in [2.75, 3.05) is 13.7 Å². The number of amides is 1. The van der Waals surface area contributed by atoms with E-state index in [4.69, 9.17) is 9.47 Å². The van der Waals surface area contributed by atoms with Crippen molar-refractivity contribution in [1.29, 1.82) is 0 Å². The molecule has 0 fully saturated rings. The fourth-order valence-corrected chi connectivity index (χ4v) is 2.72. The maximum atomic E-state index is 12.6. The average Bonchev–Trinajstić information content (AvgIpc) is 2.75. The van der Waals surface area contributed by atoms with Gasteiger partial charge in [-0.25, -0.2) is 10.1 Å². The number of rotatable bonds is 7. The second-order valence-corrected chi connectivity index (χ2v) is 6.03. The number of hydrazone groups is 1. The summed E-state index contributed by atoms with van der Waals surface area (Å²) in [6.07, 6.45) is 3.11. The number of carbonyl (C=O) groups excluding carboxylic acids is 1. The van der Waals surface area contributed by atoms with E-state index in [1.807, 2.05) is 0 Å². The quantitative estimate of drug-likeness (QED) is 0.378. The molecule has 2 aromatic carbocycles. The van der Waals surface area contributed by atoms with E-state index in [-0.39, 0.29) is 11.3 Å². The van der Waals surface area contributed by atoms with E-state index in [0.717, 1.165) is 4.68 Å². The monoisotopic (exact) mass is 392 g/mol. The lowest BCUT2D eigenvalue weighted by atomic mass is 10.1. The van der Waals surface area contributed by atoms with Crippen LogP contribution in [0, 0.1) is 0 Å². The molecular weight excluding hydrogens is 372 g/mol. The molecule has 0 radical (unpaired) electrons. The maximum absolute atomic E-state index is 12.6. The number of methoxy groups -OCH3 is 1. The van der Waals surface area contributed by atoms with Gasteiger partial charge in [0.2, 0.25) is 0 Å². The molecule has 0 aliphatic heterocycles. The van der Waals surface area contributed by atoms with Crippen molar-refractivity contribution < 1.29 is 14.3 Å². The van der Waals surface area contributed by atoms with Gasteiger partial charge in [0.1, 0.15) is 6.61 Å². The lowest BCUT2D eigenvalue weighted by Gasteiger charge is -2.09. The van der Waals surface area contributed by atoms with Crippen LogP contribution >= 0.6 is 0 Å². The summed E-state index contributed by atoms with van der Waals surface area (Å²) in [7, 11) is 3.03. The Hall–Kier alpha value is -3.94. The third-order valence-electron chi connectivity index (χ3n) is 4.10. The number of hydrogen-bond acceptors (Lipinski definition) is 6. The van der Waals surface area contributed by atoms with Crippen molar-refractivity contribution in [2.24, 2.45) is 12.1 Å². The van der Waals surface area contributed by atoms with E-state index in [1.54, 1.807) is 48.5 Å². The number of ether oxygens (including phenoxy) is 2. The third kappa shape index (κ3) is 4.32. The van der Waals surface area contributed by atoms with Gasteiger partial charge in [-0.15, -0.1) is 0 Å². The van der Waals surface area contributed by atoms with E-state index in [9.17, 15) is 9.59 Å². The molecule has 8 nitrogen and oxygen atoms in total. The molecule has 0 aliphatic rings. The van der Waals surface area contributed by atoms with E-state index < -0.39 is 5.91 Å². The number of nitrogens with zero attached hydrogens (tertiary/aromatic N) is 3. The summed E-state index contributed by atoms with van der Waals surface area (Å²) in [5.41, 5.74) is 2.98. The highest BCUT2D eigenvalue weighted by Crippen LogP contribution is 2.27. The van der Waals surface area contributed by atoms with Crippen molar-refractivity contribution in [1.82, 2.24) is 15.2 Å². The first-order valence-corrected chi connectivity index (χ1v) is 8.76. The minimum Gasteiger partial charge on any atom is -0.493 e. The molecule has 0 atom stereocenters. The van der Waals surface area contributed by atoms with Gasteiger partial charge in [0, 0.05) is 12.4 Å². The first-order chi connectivity index (χ1) is 14.0. The zero-order chi connectivity index (χ0) is 20.8. The number of aryl methyl sites for hydroxylation is 1. The predicted molar refractivity (Wildman–Crippen MR) is 111 cm³/mol. The summed E-state index contributed by atoms with van der Waals surface area (Å²) >= 11 is 0. The van der Waals surface area contributed by atoms with Gasteiger partial charge in [-0.05, 0) is 29.8 Å². The Morgan fingerprint density at radius 1 is 1.24 bits per heavy atom. The Labute approximate surface area is 167 Å². The lowest BCUT2D eigenvalue weighted by Crippen LogP contribution is -2.27. The van der Waals surface area contributed by atoms with Crippen LogP contribution in [0.15, 0.2) is 65.0 Å². The molecule has 0 saturated carbocycles. The van der Waals surface area contributed by atoms with Crippen molar-refractivity contribution in [3.8, 4) is 11.5 Å². The van der Waals surface area contributed by atoms with Gasteiger partial charge in [-0.2, -0.15) is 10.2 Å². The molecule has 1 heterocycles. The highest BCUT2D eigenvalue weighted by molar-refractivity contribution is 6.04. The highest BCUT2D eigenvalue weighted by atomic mass is 16.5. The summed E-state index contributed by atoms with van der Waals surface area (Å²) in [4.78, 5) is 24.7. The Morgan fingerprint density at radius 2 is 2.00 bits per heavy atom. The van der Waals surface area contributed by atoms with Crippen LogP contribution in [0.2, 0.25) is 0 Å². The fraction of sp³-hybridized carbons (Fsp3) is 0.143. The Bertz CT molecular complexity index is 1150. The number of fused-ring (bicyclic) bond motifs is 1. The standard InChI is InChI=1S/C21H20N4O4/c1-4-11-29-17-10-9-14(12-18(17)28-3)13-22-23-20(26)19-15-7-5-6-8-16(15)21(27)25(2)24-19/h4-10,12-13H,1,11H2,2-3H3,(H,23,26)/b22-13+. The smallest absolute Gasteiger partial charge is 0.292 e. The zero-order valence-electron chi connectivity index (χ0n) is 16.1. The molecule has 3 rings (SSSR count). The van der Waals surface area contributed by atoms with Crippen LogP contribution in [0.4, 0.5) is 0 Å². The predicted octanol–water partition coefficient (Wildman–Crippen LogP) is 2.27. The van der Waals surface area contributed by atoms with E-state index in [0.29, 0.717) is 34.4 Å². The van der Waals surface area contributed by atoms with Gasteiger partial charge < -0.3 is 9.47 Å². The number of hydrogen-bond donors (Lipinski definition) is 1. The maximum Gasteiger partial charge on any atom is 0.292 e. The van der Waals surface area contributed by atoms with Crippen molar-refractivity contribution in [2.45, 2.75) is 0 Å². The average molecular weight is 392 g/mol. The van der Waals surface area contributed by atoms with Crippen molar-refractivity contribution in [3.05, 3.63) is 76.7 Å². The van der Waals surface area contributed by atoms with Gasteiger partial charge in [-0.1, -0.05) is 30.9 Å². The minimum absolute atomic E-state index is 0.116. The van der Waals surface area contributed by atoms with E-state index >= 15 is 0 Å². The second-order valence-electron chi connectivity index (χ2n) is 6.03. The van der Waals surface area contributed by atoms with Gasteiger partial charge in [-0.3, -0.25) is 9.59 Å². The van der Waals surface area contributed by atoms with Gasteiger partial charge in [0.05, 0.1) is 18.7 Å². The molecular formula is C21H20N4O4. The van der Waals surface area contributed by atoms with Crippen LogP contribution in [-0.2, 0) is 7.05 Å². The number of carbonyl (C=O) groups is 1. The van der Waals surface area contributed by atoms with Crippen LogP contribution in [-0.4, -0.2) is 35.6 Å². The number of nitrogens with one attached hydrogen (secondary N) is 1. The van der Waals surface area contributed by atoms with E-state index in [1.165, 1.54) is 20.4 Å². The van der Waals surface area contributed by atoms with Crippen LogP contribution in [0.25, 0.3) is 10.8 Å². The topological polar surface area (TPSA) is 94.8 Å². The minimum atomic E-state index is -0.522. The molecule has 0 unspecified atom stereocenters. The number of benzene rings is 2. The SMILES string of the molecule is C=CCOc1ccc(/C=N/NC(=O)c2nn(C)c(=O)c3ccccc23)cc1OC. The fourth-order valence-electron chi connectivity index (χ4n) is 2.72. The van der Waals surface area contributed by atoms with Crippen LogP contribution in [0.5, 0.6) is 11.5 Å². The highest BCUT2D eigenvalue weighted by Gasteiger charge is 2.15. The Kier molecular flexibility index (Phi) is 6.03. The summed E-state index contributed by atoms with van der Waals surface area (Å²) in [6, 6.07) is 12.1. The Morgan fingerprint density at radius 3 is 2.72 bits per heavy atom. The zero-order valence-corrected chi connectivity index (χ0v) is 16.1. The van der Waals surface area contributed by atoms with Gasteiger partial charge >= 0.3 is 0 Å². The van der Waals surface area contributed by atoms with E-state index in [2.05, 4.69) is 22.2 Å². The van der Waals surface area contributed by atoms with Crippen LogP contribution in [0.1, 0.15) is 16.1 Å². The molecule has 0 spiro atoms. The molecule has 0 bridgehead atoms. The molecule has 1 amide bonds. The third-order valence-corrected chi connectivity index (χ3v) is 4.10. The summed E-state index contributed by atoms with van der Waals surface area (Å²) in [5, 5.41) is 8.93. The van der Waals surface area contributed by atoms with Crippen LogP contribution in [0.3, 0.4) is 0 Å². The first kappa shape index (κ1) is 19.8.